The Labute approximate surface area is 303 Å². The molecule has 1 aliphatic heterocycles. The Morgan fingerprint density at radius 3 is 2.19 bits per heavy atom. The van der Waals surface area contributed by atoms with E-state index < -0.39 is 72.1 Å². The molecule has 0 radical (unpaired) electrons. The normalized spacial score (nSPS) is 16.1. The molecule has 0 aliphatic carbocycles. The number of nitrogens with zero attached hydrogens (tertiary/aromatic N) is 1. The van der Waals surface area contributed by atoms with Crippen molar-refractivity contribution in [1.82, 2.24) is 20.9 Å². The Morgan fingerprint density at radius 1 is 0.904 bits per heavy atom. The van der Waals surface area contributed by atoms with Crippen molar-refractivity contribution < 1.29 is 38.7 Å². The van der Waals surface area contributed by atoms with E-state index in [1.165, 1.54) is 4.90 Å². The highest BCUT2D eigenvalue weighted by atomic mass is 16.4. The summed E-state index contributed by atoms with van der Waals surface area (Å²) >= 11 is 0. The van der Waals surface area contributed by atoms with Crippen molar-refractivity contribution in [3.8, 4) is 0 Å². The summed E-state index contributed by atoms with van der Waals surface area (Å²) in [4.78, 5) is 91.2. The molecule has 0 bridgehead atoms. The molecule has 0 saturated carbocycles. The van der Waals surface area contributed by atoms with E-state index in [1.54, 1.807) is 37.3 Å². The number of anilines is 2. The zero-order valence-corrected chi connectivity index (χ0v) is 30.2. The molecule has 1 heterocycles. The minimum atomic E-state index is -1.56. The summed E-state index contributed by atoms with van der Waals surface area (Å²) in [7, 11) is 0. The van der Waals surface area contributed by atoms with Crippen LogP contribution >= 0.6 is 0 Å². The van der Waals surface area contributed by atoms with Crippen molar-refractivity contribution in [2.75, 3.05) is 17.2 Å². The molecule has 2 aromatic carbocycles. The van der Waals surface area contributed by atoms with Gasteiger partial charge in [-0.25, -0.2) is 4.79 Å². The van der Waals surface area contributed by atoms with Crippen LogP contribution in [0.1, 0.15) is 76.8 Å². The summed E-state index contributed by atoms with van der Waals surface area (Å²) in [5.41, 5.74) is 8.20. The lowest BCUT2D eigenvalue weighted by molar-refractivity contribution is -0.144. The van der Waals surface area contributed by atoms with Crippen molar-refractivity contribution in [2.45, 2.75) is 103 Å². The maximum absolute atomic E-state index is 13.5. The number of unbranched alkanes of at least 4 members (excludes halogenated alkanes) is 1. The maximum atomic E-state index is 13.5. The molecule has 1 saturated heterocycles. The minimum absolute atomic E-state index is 0.0911. The molecular weight excluding hydrogens is 670 g/mol. The van der Waals surface area contributed by atoms with Gasteiger partial charge in [-0.05, 0) is 61.4 Å². The number of aliphatic carboxylic acids is 1. The molecule has 7 amide bonds. The summed E-state index contributed by atoms with van der Waals surface area (Å²) in [5, 5.41) is 22.9. The first-order chi connectivity index (χ1) is 24.7. The van der Waals surface area contributed by atoms with Crippen LogP contribution in [0.2, 0.25) is 0 Å². The number of nitrogens with one attached hydrogen (secondary N) is 5. The second-order valence-corrected chi connectivity index (χ2v) is 13.2. The number of aryl methyl sites for hydroxylation is 1. The number of rotatable bonds is 18. The molecule has 5 atom stereocenters. The molecule has 0 aromatic heterocycles. The second-order valence-electron chi connectivity index (χ2n) is 13.2. The fourth-order valence-corrected chi connectivity index (χ4v) is 5.91. The summed E-state index contributed by atoms with van der Waals surface area (Å²) < 4.78 is 0. The van der Waals surface area contributed by atoms with Gasteiger partial charge in [-0.2, -0.15) is 0 Å². The van der Waals surface area contributed by atoms with Gasteiger partial charge in [-0.1, -0.05) is 70.4 Å². The van der Waals surface area contributed by atoms with E-state index in [9.17, 15) is 38.7 Å². The summed E-state index contributed by atoms with van der Waals surface area (Å²) in [5.74, 6) is -5.02. The number of carboxylic acid groups (broad SMARTS) is 1. The highest BCUT2D eigenvalue weighted by Crippen LogP contribution is 2.21. The number of para-hydroxylation sites is 1. The number of carboxylic acids is 1. The minimum Gasteiger partial charge on any atom is -0.481 e. The lowest BCUT2D eigenvalue weighted by atomic mass is 9.96. The number of carbonyl (C=O) groups excluding carboxylic acids is 6. The predicted octanol–water partition coefficient (Wildman–Crippen LogP) is 2.82. The van der Waals surface area contributed by atoms with Crippen LogP contribution in [-0.4, -0.2) is 82.3 Å². The molecule has 1 fully saturated rings. The monoisotopic (exact) mass is 721 g/mol. The van der Waals surface area contributed by atoms with Crippen LogP contribution in [0.25, 0.3) is 0 Å². The fourth-order valence-electron chi connectivity index (χ4n) is 5.91. The van der Waals surface area contributed by atoms with Crippen molar-refractivity contribution in [3.05, 3.63) is 59.7 Å². The zero-order chi connectivity index (χ0) is 38.4. The zero-order valence-electron chi connectivity index (χ0n) is 30.2. The van der Waals surface area contributed by atoms with E-state index in [1.807, 2.05) is 39.0 Å². The molecule has 0 spiro atoms. The van der Waals surface area contributed by atoms with Gasteiger partial charge in [0.25, 0.3) is 0 Å². The number of likely N-dealkylation sites (tertiary alicyclic amines) is 1. The summed E-state index contributed by atoms with van der Waals surface area (Å²) in [6, 6.07) is 9.02. The number of amides is 7. The van der Waals surface area contributed by atoms with Crippen molar-refractivity contribution in [1.29, 1.82) is 0 Å². The average Bonchev–Trinajstić information content (AvgIpc) is 3.60. The quantitative estimate of drug-likeness (QED) is 0.121. The van der Waals surface area contributed by atoms with Crippen LogP contribution in [0.5, 0.6) is 0 Å². The number of hydrogen-bond donors (Lipinski definition) is 7. The number of carbonyl (C=O) groups is 7. The van der Waals surface area contributed by atoms with Crippen LogP contribution in [0.3, 0.4) is 0 Å². The van der Waals surface area contributed by atoms with Gasteiger partial charge in [-0.3, -0.25) is 28.8 Å². The Morgan fingerprint density at radius 2 is 1.58 bits per heavy atom. The molecule has 15 nitrogen and oxygen atoms in total. The first-order valence-corrected chi connectivity index (χ1v) is 17.7. The van der Waals surface area contributed by atoms with Crippen LogP contribution in [0.15, 0.2) is 48.5 Å². The van der Waals surface area contributed by atoms with E-state index in [-0.39, 0.29) is 25.3 Å². The van der Waals surface area contributed by atoms with Gasteiger partial charge in [0.05, 0.1) is 12.8 Å². The Bertz CT molecular complexity index is 1600. The van der Waals surface area contributed by atoms with Crippen LogP contribution in [-0.2, 0) is 35.2 Å². The third-order valence-corrected chi connectivity index (χ3v) is 9.12. The molecular formula is C37H51N7O8. The van der Waals surface area contributed by atoms with Crippen LogP contribution in [0.4, 0.5) is 16.2 Å². The molecule has 1 unspecified atom stereocenters. The number of urea groups is 1. The van der Waals surface area contributed by atoms with Gasteiger partial charge in [0.2, 0.25) is 29.5 Å². The molecule has 2 aromatic rings. The van der Waals surface area contributed by atoms with Gasteiger partial charge in [0, 0.05) is 17.9 Å². The van der Waals surface area contributed by atoms with Gasteiger partial charge in [0.1, 0.15) is 24.2 Å². The van der Waals surface area contributed by atoms with Crippen LogP contribution < -0.4 is 32.3 Å². The number of benzene rings is 2. The van der Waals surface area contributed by atoms with Crippen molar-refractivity contribution in [3.63, 3.8) is 0 Å². The highest BCUT2D eigenvalue weighted by molar-refractivity contribution is 6.00. The molecule has 282 valence electrons. The van der Waals surface area contributed by atoms with Crippen molar-refractivity contribution >= 4 is 52.9 Å². The summed E-state index contributed by atoms with van der Waals surface area (Å²) in [6.45, 7) is 7.64. The lowest BCUT2D eigenvalue weighted by Crippen LogP contribution is -2.59. The molecule has 52 heavy (non-hydrogen) atoms. The SMILES string of the molecule is CCCC[C@H](NC(=O)Cc1ccc(NC(=O)Nc2ccccc2C)cc1)C(=O)N[C@@H](CC(=O)O)C(=O)N[C@H](C(=O)N1CCC[C@H]1C(N)=O)C(C)CC. The first-order valence-electron chi connectivity index (χ1n) is 17.7. The van der Waals surface area contributed by atoms with Crippen molar-refractivity contribution in [2.24, 2.45) is 11.7 Å². The van der Waals surface area contributed by atoms with E-state index in [2.05, 4.69) is 26.6 Å². The maximum Gasteiger partial charge on any atom is 0.323 e. The first kappa shape index (κ1) is 41.0. The lowest BCUT2D eigenvalue weighted by Gasteiger charge is -2.32. The van der Waals surface area contributed by atoms with E-state index in [4.69, 9.17) is 5.73 Å². The standard InChI is InChI=1S/C37H51N7O8/c1-5-7-12-27(40-30(45)20-24-15-17-25(18-16-24)39-37(52)42-26-13-9-8-11-23(26)4)34(49)41-28(21-31(46)47)35(50)43-32(22(3)6-2)36(51)44-19-10-14-29(44)33(38)48/h8-9,11,13,15-18,22,27-29,32H,5-7,10,12,14,19-21H2,1-4H3,(H2,38,48)(H,40,45)(H,41,49)(H,43,50)(H,46,47)(H2,39,42,52)/t22?,27-,28-,29-,32-/m0/s1. The fraction of sp³-hybridized carbons (Fsp3) is 0.486. The second kappa shape index (κ2) is 19.8. The Kier molecular flexibility index (Phi) is 15.6. The smallest absolute Gasteiger partial charge is 0.323 e. The third kappa shape index (κ3) is 12.1. The Balaban J connectivity index is 1.66. The van der Waals surface area contributed by atoms with Gasteiger partial charge in [-0.15, -0.1) is 0 Å². The van der Waals surface area contributed by atoms with Gasteiger partial charge < -0.3 is 42.3 Å². The molecule has 3 rings (SSSR count). The van der Waals surface area contributed by atoms with Crippen LogP contribution in [0, 0.1) is 12.8 Å². The van der Waals surface area contributed by atoms with E-state index in [0.29, 0.717) is 49.0 Å². The van der Waals surface area contributed by atoms with E-state index in [0.717, 1.165) is 5.56 Å². The largest absolute Gasteiger partial charge is 0.481 e. The third-order valence-electron chi connectivity index (χ3n) is 9.12. The average molecular weight is 722 g/mol. The number of primary amides is 1. The van der Waals surface area contributed by atoms with E-state index >= 15 is 0 Å². The molecule has 1 aliphatic rings. The van der Waals surface area contributed by atoms with Gasteiger partial charge in [0.15, 0.2) is 0 Å². The number of hydrogen-bond acceptors (Lipinski definition) is 7. The summed E-state index contributed by atoms with van der Waals surface area (Å²) in [6.07, 6.45) is 2.07. The number of nitrogens with two attached hydrogens (primary N) is 1. The Hall–Kier alpha value is -5.47. The highest BCUT2D eigenvalue weighted by Gasteiger charge is 2.39. The predicted molar refractivity (Wildman–Crippen MR) is 195 cm³/mol. The van der Waals surface area contributed by atoms with Gasteiger partial charge >= 0.3 is 12.0 Å². The topological polar surface area (TPSA) is 229 Å². The molecule has 15 heteroatoms. The molecule has 8 N–H and O–H groups in total.